The average Bonchev–Trinajstić information content (AvgIpc) is 3.28. The first kappa shape index (κ1) is 21.1. The van der Waals surface area contributed by atoms with Crippen molar-refractivity contribution in [2.24, 2.45) is 0 Å². The second-order valence-electron chi connectivity index (χ2n) is 8.59. The molecule has 1 fully saturated rings. The van der Waals surface area contributed by atoms with Gasteiger partial charge in [0.1, 0.15) is 11.4 Å². The molecule has 0 atom stereocenters. The minimum atomic E-state index is -0.0312. The Kier molecular flexibility index (Phi) is 5.77. The number of piperidine rings is 1. The molecule has 5 rings (SSSR count). The molecule has 0 radical (unpaired) electrons. The minimum Gasteiger partial charge on any atom is -0.497 e. The van der Waals surface area contributed by atoms with Crippen molar-refractivity contribution in [2.75, 3.05) is 20.2 Å². The molecular weight excluding hydrogens is 414 g/mol. The largest absolute Gasteiger partial charge is 0.497 e. The van der Waals surface area contributed by atoms with Gasteiger partial charge in [0, 0.05) is 49.0 Å². The third kappa shape index (κ3) is 4.58. The van der Waals surface area contributed by atoms with E-state index in [1.807, 2.05) is 29.3 Å². The fourth-order valence-electron chi connectivity index (χ4n) is 4.53. The van der Waals surface area contributed by atoms with Gasteiger partial charge >= 0.3 is 0 Å². The zero-order valence-corrected chi connectivity index (χ0v) is 18.9. The molecule has 0 unspecified atom stereocenters. The molecule has 7 nitrogen and oxygen atoms in total. The van der Waals surface area contributed by atoms with Crippen molar-refractivity contribution in [3.8, 4) is 5.75 Å². The summed E-state index contributed by atoms with van der Waals surface area (Å²) < 4.78 is 7.04. The number of aromatic nitrogens is 4. The van der Waals surface area contributed by atoms with Crippen LogP contribution in [-0.4, -0.2) is 50.4 Å². The van der Waals surface area contributed by atoms with Crippen molar-refractivity contribution in [2.45, 2.75) is 32.1 Å². The van der Waals surface area contributed by atoms with Crippen molar-refractivity contribution in [3.05, 3.63) is 89.3 Å². The molecule has 4 heterocycles. The zero-order chi connectivity index (χ0) is 22.8. The predicted octanol–water partition coefficient (Wildman–Crippen LogP) is 4.05. The van der Waals surface area contributed by atoms with Crippen molar-refractivity contribution in [1.29, 1.82) is 0 Å². The van der Waals surface area contributed by atoms with Crippen LogP contribution in [0.1, 0.15) is 51.8 Å². The number of pyridine rings is 1. The summed E-state index contributed by atoms with van der Waals surface area (Å²) in [6.45, 7) is 3.46. The summed E-state index contributed by atoms with van der Waals surface area (Å²) in [6.07, 6.45) is 7.95. The molecule has 33 heavy (non-hydrogen) atoms. The number of fused-ring (bicyclic) bond motifs is 1. The van der Waals surface area contributed by atoms with Crippen molar-refractivity contribution < 1.29 is 9.53 Å². The van der Waals surface area contributed by atoms with Crippen LogP contribution in [0.4, 0.5) is 0 Å². The van der Waals surface area contributed by atoms with Crippen LogP contribution in [0.5, 0.6) is 5.75 Å². The van der Waals surface area contributed by atoms with Crippen LogP contribution in [0.3, 0.4) is 0 Å². The highest BCUT2D eigenvalue weighted by Gasteiger charge is 2.27. The smallest absolute Gasteiger partial charge is 0.274 e. The number of benzene rings is 1. The molecule has 0 N–H and O–H groups in total. The maximum Gasteiger partial charge on any atom is 0.274 e. The second-order valence-corrected chi connectivity index (χ2v) is 8.59. The van der Waals surface area contributed by atoms with Crippen LogP contribution < -0.4 is 4.74 Å². The van der Waals surface area contributed by atoms with E-state index in [9.17, 15) is 4.79 Å². The van der Waals surface area contributed by atoms with Crippen LogP contribution >= 0.6 is 0 Å². The molecule has 1 aromatic carbocycles. The van der Waals surface area contributed by atoms with E-state index in [0.717, 1.165) is 36.4 Å². The van der Waals surface area contributed by atoms with Crippen LogP contribution in [0.25, 0.3) is 5.78 Å². The van der Waals surface area contributed by atoms with E-state index >= 15 is 0 Å². The lowest BCUT2D eigenvalue weighted by Crippen LogP contribution is -2.38. The molecule has 0 aliphatic carbocycles. The third-order valence-electron chi connectivity index (χ3n) is 6.26. The predicted molar refractivity (Wildman–Crippen MR) is 126 cm³/mol. The number of rotatable bonds is 5. The highest BCUT2D eigenvalue weighted by molar-refractivity contribution is 5.92. The quantitative estimate of drug-likeness (QED) is 0.467. The number of hydrogen-bond acceptors (Lipinski definition) is 5. The van der Waals surface area contributed by atoms with Gasteiger partial charge in [-0.3, -0.25) is 14.2 Å². The molecule has 1 amide bonds. The fraction of sp³-hybridized carbons (Fsp3) is 0.308. The molecule has 7 heteroatoms. The Morgan fingerprint density at radius 2 is 1.88 bits per heavy atom. The maximum absolute atomic E-state index is 13.0. The normalized spacial score (nSPS) is 14.5. The Hall–Kier alpha value is -3.74. The molecule has 4 aromatic rings. The molecule has 0 saturated carbocycles. The number of carbonyl (C=O) groups is 1. The van der Waals surface area contributed by atoms with Gasteiger partial charge < -0.3 is 9.64 Å². The van der Waals surface area contributed by atoms with E-state index in [-0.39, 0.29) is 5.91 Å². The second kappa shape index (κ2) is 9.02. The monoisotopic (exact) mass is 441 g/mol. The topological polar surface area (TPSA) is 72.6 Å². The summed E-state index contributed by atoms with van der Waals surface area (Å²) in [5.41, 5.74) is 5.12. The van der Waals surface area contributed by atoms with Gasteiger partial charge in [-0.05, 0) is 67.6 Å². The van der Waals surface area contributed by atoms with Crippen LogP contribution in [-0.2, 0) is 6.42 Å². The van der Waals surface area contributed by atoms with Crippen LogP contribution in [0.2, 0.25) is 0 Å². The fourth-order valence-corrected chi connectivity index (χ4v) is 4.53. The molecule has 1 saturated heterocycles. The summed E-state index contributed by atoms with van der Waals surface area (Å²) in [5, 5.41) is 0. The Balaban J connectivity index is 1.26. The van der Waals surface area contributed by atoms with E-state index < -0.39 is 0 Å². The first-order chi connectivity index (χ1) is 16.1. The standard InChI is InChI=1S/C26H27N5O2/c1-18-14-20(15-19-4-6-22(33-2)7-5-19)16-23(28-18)21-8-12-30(13-9-21)25(32)24-17-31-11-3-10-27-26(31)29-24/h3-7,10-11,14,16-17,21H,8-9,12-13,15H2,1-2H3. The van der Waals surface area contributed by atoms with Crippen LogP contribution in [0, 0.1) is 6.92 Å². The number of aryl methyl sites for hydroxylation is 1. The number of ether oxygens (including phenoxy) is 1. The van der Waals surface area contributed by atoms with Gasteiger partial charge in [-0.1, -0.05) is 12.1 Å². The summed E-state index contributed by atoms with van der Waals surface area (Å²) in [6, 6.07) is 14.4. The first-order valence-electron chi connectivity index (χ1n) is 11.3. The van der Waals surface area contributed by atoms with Crippen molar-refractivity contribution in [1.82, 2.24) is 24.3 Å². The van der Waals surface area contributed by atoms with E-state index in [4.69, 9.17) is 9.72 Å². The van der Waals surface area contributed by atoms with Gasteiger partial charge in [-0.15, -0.1) is 0 Å². The lowest BCUT2D eigenvalue weighted by Gasteiger charge is -2.31. The number of carbonyl (C=O) groups excluding carboxylic acids is 1. The SMILES string of the molecule is COc1ccc(Cc2cc(C)nc(C3CCN(C(=O)c4cn5cccnc5n4)CC3)c2)cc1. The van der Waals surface area contributed by atoms with Gasteiger partial charge in [0.2, 0.25) is 5.78 Å². The number of amides is 1. The van der Waals surface area contributed by atoms with E-state index in [1.165, 1.54) is 11.1 Å². The lowest BCUT2D eigenvalue weighted by molar-refractivity contribution is 0.0706. The third-order valence-corrected chi connectivity index (χ3v) is 6.26. The van der Waals surface area contributed by atoms with E-state index in [0.29, 0.717) is 30.5 Å². The molecule has 0 spiro atoms. The van der Waals surface area contributed by atoms with Gasteiger partial charge in [0.15, 0.2) is 0 Å². The van der Waals surface area contributed by atoms with Crippen molar-refractivity contribution in [3.63, 3.8) is 0 Å². The number of hydrogen-bond donors (Lipinski definition) is 0. The van der Waals surface area contributed by atoms with E-state index in [1.54, 1.807) is 23.9 Å². The molecule has 1 aliphatic heterocycles. The van der Waals surface area contributed by atoms with Gasteiger partial charge in [0.05, 0.1) is 7.11 Å². The molecular formula is C26H27N5O2. The molecule has 3 aromatic heterocycles. The molecule has 0 bridgehead atoms. The Labute approximate surface area is 193 Å². The average molecular weight is 442 g/mol. The molecule has 168 valence electrons. The zero-order valence-electron chi connectivity index (χ0n) is 18.9. The summed E-state index contributed by atoms with van der Waals surface area (Å²) >= 11 is 0. The first-order valence-corrected chi connectivity index (χ1v) is 11.3. The van der Waals surface area contributed by atoms with Gasteiger partial charge in [-0.2, -0.15) is 0 Å². The van der Waals surface area contributed by atoms with Gasteiger partial charge in [-0.25, -0.2) is 9.97 Å². The van der Waals surface area contributed by atoms with Crippen molar-refractivity contribution >= 4 is 11.7 Å². The number of imidazole rings is 1. The summed E-state index contributed by atoms with van der Waals surface area (Å²) in [4.78, 5) is 28.3. The van der Waals surface area contributed by atoms with Gasteiger partial charge in [0.25, 0.3) is 5.91 Å². The van der Waals surface area contributed by atoms with E-state index in [2.05, 4.69) is 41.2 Å². The number of likely N-dealkylation sites (tertiary alicyclic amines) is 1. The molecule has 1 aliphatic rings. The Morgan fingerprint density at radius 1 is 1.09 bits per heavy atom. The summed E-state index contributed by atoms with van der Waals surface area (Å²) in [7, 11) is 1.68. The lowest BCUT2D eigenvalue weighted by atomic mass is 9.91. The highest BCUT2D eigenvalue weighted by atomic mass is 16.5. The maximum atomic E-state index is 13.0. The Bertz CT molecular complexity index is 1240. The minimum absolute atomic E-state index is 0.0312. The number of nitrogens with zero attached hydrogens (tertiary/aromatic N) is 5. The van der Waals surface area contributed by atoms with Crippen LogP contribution in [0.15, 0.2) is 61.1 Å². The Morgan fingerprint density at radius 3 is 2.61 bits per heavy atom. The number of methoxy groups -OCH3 is 1. The summed E-state index contributed by atoms with van der Waals surface area (Å²) in [5.74, 6) is 1.73. The highest BCUT2D eigenvalue weighted by Crippen LogP contribution is 2.29.